The number of rotatable bonds is 6. The lowest BCUT2D eigenvalue weighted by atomic mass is 10.2. The maximum Gasteiger partial charge on any atom is 0.233 e. The first-order chi connectivity index (χ1) is 12.3. The van der Waals surface area contributed by atoms with Crippen LogP contribution in [0.15, 0.2) is 29.4 Å². The lowest BCUT2D eigenvalue weighted by Crippen LogP contribution is -2.42. The van der Waals surface area contributed by atoms with Gasteiger partial charge in [0.15, 0.2) is 15.0 Å². The van der Waals surface area contributed by atoms with Gasteiger partial charge in [0, 0.05) is 18.6 Å². The van der Waals surface area contributed by atoms with Crippen LogP contribution in [0, 0.1) is 0 Å². The summed E-state index contributed by atoms with van der Waals surface area (Å²) in [6.45, 7) is 6.63. The Morgan fingerprint density at radius 1 is 1.38 bits per heavy atom. The molecule has 0 spiro atoms. The number of carbonyl (C=O) groups excluding carboxylic acids is 1. The molecule has 1 aromatic heterocycles. The van der Waals surface area contributed by atoms with Crippen LogP contribution in [0.4, 0.5) is 0 Å². The smallest absolute Gasteiger partial charge is 0.233 e. The monoisotopic (exact) mass is 395 g/mol. The van der Waals surface area contributed by atoms with Crippen LogP contribution in [0.2, 0.25) is 0 Å². The molecule has 1 saturated heterocycles. The quantitative estimate of drug-likeness (QED) is 0.703. The molecule has 1 amide bonds. The number of thioether (sulfide) groups is 1. The summed E-state index contributed by atoms with van der Waals surface area (Å²) in [7, 11) is -3.00. The largest absolute Gasteiger partial charge is 0.338 e. The fraction of sp³-hybridized carbons (Fsp3) is 0.556. The molecular formula is C18H25N3O3S2. The van der Waals surface area contributed by atoms with Crippen LogP contribution in [0.3, 0.4) is 0 Å². The van der Waals surface area contributed by atoms with E-state index in [2.05, 4.69) is 23.4 Å². The second-order valence-corrected chi connectivity index (χ2v) is 10.0. The van der Waals surface area contributed by atoms with Crippen molar-refractivity contribution in [1.82, 2.24) is 14.5 Å². The Morgan fingerprint density at radius 2 is 2.12 bits per heavy atom. The van der Waals surface area contributed by atoms with E-state index in [1.54, 1.807) is 4.90 Å². The number of amides is 1. The van der Waals surface area contributed by atoms with Gasteiger partial charge in [0.05, 0.1) is 28.3 Å². The molecule has 1 aliphatic heterocycles. The number of imidazole rings is 1. The Balaban J connectivity index is 1.75. The average Bonchev–Trinajstić information content (AvgIpc) is 3.13. The summed E-state index contributed by atoms with van der Waals surface area (Å²) in [5, 5.41) is 0.824. The Morgan fingerprint density at radius 3 is 2.73 bits per heavy atom. The number of fused-ring (bicyclic) bond motifs is 1. The Labute approximate surface area is 158 Å². The molecule has 2 heterocycles. The lowest BCUT2D eigenvalue weighted by Gasteiger charge is -2.26. The number of carbonyl (C=O) groups is 1. The molecule has 1 atom stereocenters. The molecule has 142 valence electrons. The van der Waals surface area contributed by atoms with Gasteiger partial charge in [-0.25, -0.2) is 13.4 Å². The predicted octanol–water partition coefficient (Wildman–Crippen LogP) is 2.74. The molecule has 0 bridgehead atoms. The summed E-state index contributed by atoms with van der Waals surface area (Å²) in [5.41, 5.74) is 1.98. The Hall–Kier alpha value is -1.54. The zero-order valence-electron chi connectivity index (χ0n) is 15.4. The highest BCUT2D eigenvalue weighted by Crippen LogP contribution is 2.28. The van der Waals surface area contributed by atoms with E-state index in [9.17, 15) is 13.2 Å². The van der Waals surface area contributed by atoms with Gasteiger partial charge < -0.3 is 9.47 Å². The molecule has 0 radical (unpaired) electrons. The molecule has 0 N–H and O–H groups in total. The number of hydrogen-bond donors (Lipinski definition) is 0. The number of para-hydroxylation sites is 2. The van der Waals surface area contributed by atoms with Gasteiger partial charge in [0.1, 0.15) is 0 Å². The Bertz CT molecular complexity index is 906. The first kappa shape index (κ1) is 19.2. The fourth-order valence-corrected chi connectivity index (χ4v) is 6.25. The van der Waals surface area contributed by atoms with Crippen LogP contribution in [-0.2, 0) is 14.6 Å². The highest BCUT2D eigenvalue weighted by atomic mass is 32.2. The van der Waals surface area contributed by atoms with Crippen LogP contribution in [0.25, 0.3) is 11.0 Å². The summed E-state index contributed by atoms with van der Waals surface area (Å²) in [4.78, 5) is 19.1. The van der Waals surface area contributed by atoms with E-state index in [0.29, 0.717) is 13.0 Å². The van der Waals surface area contributed by atoms with E-state index in [1.807, 2.05) is 31.2 Å². The summed E-state index contributed by atoms with van der Waals surface area (Å²) < 4.78 is 25.6. The van der Waals surface area contributed by atoms with Crippen LogP contribution < -0.4 is 0 Å². The van der Waals surface area contributed by atoms with E-state index in [-0.39, 0.29) is 35.2 Å². The third-order valence-electron chi connectivity index (χ3n) is 4.71. The first-order valence-corrected chi connectivity index (χ1v) is 11.7. The van der Waals surface area contributed by atoms with Crippen molar-refractivity contribution in [2.45, 2.75) is 44.4 Å². The van der Waals surface area contributed by atoms with E-state index in [1.165, 1.54) is 11.8 Å². The molecule has 2 aromatic rings. The molecule has 8 heteroatoms. The number of nitrogens with zero attached hydrogens (tertiary/aromatic N) is 3. The number of sulfone groups is 1. The minimum atomic E-state index is -3.00. The zero-order valence-corrected chi connectivity index (χ0v) is 17.0. The van der Waals surface area contributed by atoms with Gasteiger partial charge in [-0.3, -0.25) is 4.79 Å². The van der Waals surface area contributed by atoms with Crippen molar-refractivity contribution in [3.05, 3.63) is 24.3 Å². The number of aromatic nitrogens is 2. The maximum atomic E-state index is 12.7. The van der Waals surface area contributed by atoms with E-state index >= 15 is 0 Å². The van der Waals surface area contributed by atoms with Gasteiger partial charge in [-0.05, 0) is 39.3 Å². The second-order valence-electron chi connectivity index (χ2n) is 6.87. The van der Waals surface area contributed by atoms with Crippen molar-refractivity contribution in [3.8, 4) is 0 Å². The first-order valence-electron chi connectivity index (χ1n) is 8.92. The molecule has 1 unspecified atom stereocenters. The van der Waals surface area contributed by atoms with Crippen molar-refractivity contribution < 1.29 is 13.2 Å². The normalized spacial score (nSPS) is 19.3. The van der Waals surface area contributed by atoms with Crippen LogP contribution >= 0.6 is 11.8 Å². The van der Waals surface area contributed by atoms with Gasteiger partial charge in [0.2, 0.25) is 5.91 Å². The molecule has 1 aromatic carbocycles. The molecule has 3 rings (SSSR count). The molecule has 0 saturated carbocycles. The predicted molar refractivity (Wildman–Crippen MR) is 105 cm³/mol. The fourth-order valence-electron chi connectivity index (χ4n) is 3.49. The van der Waals surface area contributed by atoms with Crippen molar-refractivity contribution in [2.75, 3.05) is 23.8 Å². The highest BCUT2D eigenvalue weighted by Gasteiger charge is 2.33. The molecule has 26 heavy (non-hydrogen) atoms. The van der Waals surface area contributed by atoms with Gasteiger partial charge in [-0.15, -0.1) is 0 Å². The second kappa shape index (κ2) is 7.60. The third-order valence-corrected chi connectivity index (χ3v) is 7.40. The van der Waals surface area contributed by atoms with Crippen LogP contribution in [-0.4, -0.2) is 58.6 Å². The Kier molecular flexibility index (Phi) is 5.62. The SMILES string of the molecule is CCN(C(=O)CSc1nc2ccccc2n1C(C)C)C1CCS(=O)(=O)C1. The minimum absolute atomic E-state index is 0.0260. The summed E-state index contributed by atoms with van der Waals surface area (Å²) in [6.07, 6.45) is 0.539. The highest BCUT2D eigenvalue weighted by molar-refractivity contribution is 7.99. The van der Waals surface area contributed by atoms with Gasteiger partial charge in [-0.2, -0.15) is 0 Å². The van der Waals surface area contributed by atoms with Gasteiger partial charge in [0.25, 0.3) is 0 Å². The standard InChI is InChI=1S/C18H25N3O3S2/c1-4-20(14-9-10-26(23,24)12-14)17(22)11-25-18-19-15-7-5-6-8-16(15)21(18)13(2)3/h5-8,13-14H,4,9-12H2,1-3H3. The number of benzene rings is 1. The van der Waals surface area contributed by atoms with E-state index < -0.39 is 9.84 Å². The average molecular weight is 396 g/mol. The minimum Gasteiger partial charge on any atom is -0.338 e. The maximum absolute atomic E-state index is 12.7. The van der Waals surface area contributed by atoms with Crippen molar-refractivity contribution in [3.63, 3.8) is 0 Å². The molecule has 6 nitrogen and oxygen atoms in total. The zero-order chi connectivity index (χ0) is 18.9. The number of hydrogen-bond acceptors (Lipinski definition) is 5. The summed E-state index contributed by atoms with van der Waals surface area (Å²) in [5.74, 6) is 0.502. The summed E-state index contributed by atoms with van der Waals surface area (Å²) in [6, 6.07) is 8.00. The van der Waals surface area contributed by atoms with E-state index in [0.717, 1.165) is 16.2 Å². The van der Waals surface area contributed by atoms with Crippen molar-refractivity contribution in [1.29, 1.82) is 0 Å². The molecular weight excluding hydrogens is 370 g/mol. The van der Waals surface area contributed by atoms with Gasteiger partial charge in [-0.1, -0.05) is 23.9 Å². The van der Waals surface area contributed by atoms with Crippen LogP contribution in [0.5, 0.6) is 0 Å². The van der Waals surface area contributed by atoms with Crippen LogP contribution in [0.1, 0.15) is 33.2 Å². The topological polar surface area (TPSA) is 72.3 Å². The third kappa shape index (κ3) is 3.91. The lowest BCUT2D eigenvalue weighted by molar-refractivity contribution is -0.129. The van der Waals surface area contributed by atoms with Crippen molar-refractivity contribution in [2.24, 2.45) is 0 Å². The van der Waals surface area contributed by atoms with E-state index in [4.69, 9.17) is 0 Å². The van der Waals surface area contributed by atoms with Crippen molar-refractivity contribution >= 4 is 38.5 Å². The molecule has 0 aliphatic carbocycles. The molecule has 1 fully saturated rings. The van der Waals surface area contributed by atoms with Gasteiger partial charge >= 0.3 is 0 Å². The molecule has 1 aliphatic rings. The summed E-state index contributed by atoms with van der Waals surface area (Å²) >= 11 is 1.42.